The number of carbonyl (C=O) groups excluding carboxylic acids is 1. The molecular formula is C15H19N3O3. The molecule has 0 unspecified atom stereocenters. The Kier molecular flexibility index (Phi) is 3.77. The van der Waals surface area contributed by atoms with E-state index in [-0.39, 0.29) is 17.7 Å². The van der Waals surface area contributed by atoms with Crippen LogP contribution in [-0.4, -0.2) is 34.0 Å². The topological polar surface area (TPSA) is 72.4 Å². The molecule has 0 N–H and O–H groups in total. The average molecular weight is 289 g/mol. The first-order chi connectivity index (χ1) is 10.2. The largest absolute Gasteiger partial charge is 0.461 e. The summed E-state index contributed by atoms with van der Waals surface area (Å²) in [6, 6.07) is 3.57. The Bertz CT molecular complexity index is 595. The summed E-state index contributed by atoms with van der Waals surface area (Å²) in [5.41, 5.74) is 0. The lowest BCUT2D eigenvalue weighted by molar-refractivity contribution is -0.140. The molecule has 1 saturated heterocycles. The Labute approximate surface area is 123 Å². The molecule has 0 saturated carbocycles. The van der Waals surface area contributed by atoms with Gasteiger partial charge in [-0.05, 0) is 25.0 Å². The van der Waals surface area contributed by atoms with Gasteiger partial charge in [0.1, 0.15) is 0 Å². The van der Waals surface area contributed by atoms with Crippen molar-refractivity contribution in [2.45, 2.75) is 32.6 Å². The fourth-order valence-electron chi connectivity index (χ4n) is 2.62. The zero-order valence-electron chi connectivity index (χ0n) is 12.3. The highest BCUT2D eigenvalue weighted by Gasteiger charge is 2.37. The van der Waals surface area contributed by atoms with Crippen molar-refractivity contribution >= 4 is 5.91 Å². The van der Waals surface area contributed by atoms with Crippen LogP contribution in [0.25, 0.3) is 11.6 Å². The Morgan fingerprint density at radius 3 is 2.81 bits per heavy atom. The lowest BCUT2D eigenvalue weighted by Crippen LogP contribution is -2.50. The van der Waals surface area contributed by atoms with Crippen molar-refractivity contribution in [1.82, 2.24) is 15.0 Å². The zero-order chi connectivity index (χ0) is 14.8. The number of likely N-dealkylation sites (tertiary alicyclic amines) is 1. The molecule has 0 aromatic carbocycles. The normalized spacial score (nSPS) is 15.5. The third-order valence-corrected chi connectivity index (χ3v) is 4.06. The van der Waals surface area contributed by atoms with Crippen LogP contribution in [0.3, 0.4) is 0 Å². The van der Waals surface area contributed by atoms with Crippen LogP contribution in [0.4, 0.5) is 0 Å². The number of nitrogens with zero attached hydrogens (tertiary/aromatic N) is 3. The van der Waals surface area contributed by atoms with Gasteiger partial charge in [0, 0.05) is 19.0 Å². The fourth-order valence-corrected chi connectivity index (χ4v) is 2.62. The van der Waals surface area contributed by atoms with Crippen LogP contribution < -0.4 is 0 Å². The van der Waals surface area contributed by atoms with Gasteiger partial charge in [-0.15, -0.1) is 0 Å². The maximum Gasteiger partial charge on any atom is 0.238 e. The van der Waals surface area contributed by atoms with E-state index in [2.05, 4.69) is 24.0 Å². The van der Waals surface area contributed by atoms with Crippen molar-refractivity contribution in [2.75, 3.05) is 13.1 Å². The predicted molar refractivity (Wildman–Crippen MR) is 75.4 cm³/mol. The maximum absolute atomic E-state index is 12.2. The van der Waals surface area contributed by atoms with Crippen LogP contribution >= 0.6 is 0 Å². The van der Waals surface area contributed by atoms with Gasteiger partial charge in [0.2, 0.25) is 17.6 Å². The molecule has 0 radical (unpaired) electrons. The second-order valence-electron chi connectivity index (χ2n) is 5.39. The number of amides is 1. The Balaban J connectivity index is 1.60. The molecule has 1 aliphatic rings. The molecule has 3 heterocycles. The van der Waals surface area contributed by atoms with Crippen LogP contribution in [0.15, 0.2) is 27.3 Å². The summed E-state index contributed by atoms with van der Waals surface area (Å²) in [7, 11) is 0. The number of rotatable bonds is 5. The molecule has 112 valence electrons. The maximum atomic E-state index is 12.2. The van der Waals surface area contributed by atoms with Gasteiger partial charge in [-0.1, -0.05) is 19.0 Å². The molecule has 0 aliphatic carbocycles. The van der Waals surface area contributed by atoms with E-state index >= 15 is 0 Å². The highest BCUT2D eigenvalue weighted by atomic mass is 16.5. The van der Waals surface area contributed by atoms with Gasteiger partial charge in [-0.2, -0.15) is 4.98 Å². The van der Waals surface area contributed by atoms with Crippen molar-refractivity contribution in [3.63, 3.8) is 0 Å². The number of hydrogen-bond acceptors (Lipinski definition) is 5. The van der Waals surface area contributed by atoms with Crippen molar-refractivity contribution in [3.8, 4) is 11.6 Å². The average Bonchev–Trinajstić information content (AvgIpc) is 3.09. The summed E-state index contributed by atoms with van der Waals surface area (Å²) in [5.74, 6) is 2.14. The standard InChI is InChI=1S/C15H19N3O3/c1-3-10(4-2)15(19)18-8-11(9-18)14-16-13(17-21-14)12-6-5-7-20-12/h5-7,10-11H,3-4,8-9H2,1-2H3. The van der Waals surface area contributed by atoms with Crippen molar-refractivity contribution in [2.24, 2.45) is 5.92 Å². The van der Waals surface area contributed by atoms with Gasteiger partial charge >= 0.3 is 0 Å². The molecule has 0 spiro atoms. The van der Waals surface area contributed by atoms with Crippen LogP contribution in [0, 0.1) is 5.92 Å². The van der Waals surface area contributed by atoms with E-state index in [1.807, 2.05) is 4.90 Å². The molecular weight excluding hydrogens is 270 g/mol. The van der Waals surface area contributed by atoms with Gasteiger partial charge in [0.05, 0.1) is 12.2 Å². The SMILES string of the molecule is CCC(CC)C(=O)N1CC(c2nc(-c3ccco3)no2)C1. The molecule has 0 atom stereocenters. The van der Waals surface area contributed by atoms with Gasteiger partial charge in [0.15, 0.2) is 5.76 Å². The van der Waals surface area contributed by atoms with E-state index in [9.17, 15) is 4.79 Å². The summed E-state index contributed by atoms with van der Waals surface area (Å²) in [4.78, 5) is 18.4. The number of hydrogen-bond donors (Lipinski definition) is 0. The molecule has 21 heavy (non-hydrogen) atoms. The van der Waals surface area contributed by atoms with Gasteiger partial charge in [-0.25, -0.2) is 0 Å². The zero-order valence-corrected chi connectivity index (χ0v) is 12.3. The quantitative estimate of drug-likeness (QED) is 0.846. The van der Waals surface area contributed by atoms with E-state index in [4.69, 9.17) is 8.94 Å². The molecule has 0 bridgehead atoms. The second-order valence-corrected chi connectivity index (χ2v) is 5.39. The number of aromatic nitrogens is 2. The number of carbonyl (C=O) groups is 1. The van der Waals surface area contributed by atoms with Crippen LogP contribution in [0.1, 0.15) is 38.5 Å². The van der Waals surface area contributed by atoms with E-state index in [1.165, 1.54) is 0 Å². The Morgan fingerprint density at radius 1 is 1.43 bits per heavy atom. The molecule has 6 heteroatoms. The fraction of sp³-hybridized carbons (Fsp3) is 0.533. The molecule has 1 fully saturated rings. The number of furan rings is 1. The summed E-state index contributed by atoms with van der Waals surface area (Å²) in [5, 5.41) is 3.92. The van der Waals surface area contributed by atoms with Gasteiger partial charge in [-0.3, -0.25) is 4.79 Å². The lowest BCUT2D eigenvalue weighted by atomic mass is 9.94. The lowest BCUT2D eigenvalue weighted by Gasteiger charge is -2.39. The first-order valence-electron chi connectivity index (χ1n) is 7.39. The van der Waals surface area contributed by atoms with Crippen molar-refractivity contribution in [3.05, 3.63) is 24.3 Å². The molecule has 1 amide bonds. The first kappa shape index (κ1) is 13.9. The third-order valence-electron chi connectivity index (χ3n) is 4.06. The first-order valence-corrected chi connectivity index (χ1v) is 7.39. The van der Waals surface area contributed by atoms with E-state index < -0.39 is 0 Å². The van der Waals surface area contributed by atoms with Gasteiger partial charge in [0.25, 0.3) is 0 Å². The minimum atomic E-state index is 0.132. The molecule has 1 aliphatic heterocycles. The predicted octanol–water partition coefficient (Wildman–Crippen LogP) is 2.69. The third kappa shape index (κ3) is 2.57. The van der Waals surface area contributed by atoms with Crippen LogP contribution in [0.2, 0.25) is 0 Å². The summed E-state index contributed by atoms with van der Waals surface area (Å²) < 4.78 is 10.5. The highest BCUT2D eigenvalue weighted by molar-refractivity contribution is 5.79. The van der Waals surface area contributed by atoms with Crippen molar-refractivity contribution < 1.29 is 13.7 Å². The summed E-state index contributed by atoms with van der Waals surface area (Å²) in [6.07, 6.45) is 3.35. The van der Waals surface area contributed by atoms with Crippen LogP contribution in [0.5, 0.6) is 0 Å². The monoisotopic (exact) mass is 289 g/mol. The summed E-state index contributed by atoms with van der Waals surface area (Å²) >= 11 is 0. The highest BCUT2D eigenvalue weighted by Crippen LogP contribution is 2.29. The Hall–Kier alpha value is -2.11. The van der Waals surface area contributed by atoms with Crippen molar-refractivity contribution in [1.29, 1.82) is 0 Å². The summed E-state index contributed by atoms with van der Waals surface area (Å²) in [6.45, 7) is 5.43. The molecule has 2 aromatic heterocycles. The molecule has 6 nitrogen and oxygen atoms in total. The van der Waals surface area contributed by atoms with E-state index in [0.29, 0.717) is 30.6 Å². The Morgan fingerprint density at radius 2 is 2.19 bits per heavy atom. The smallest absolute Gasteiger partial charge is 0.238 e. The van der Waals surface area contributed by atoms with Crippen LogP contribution in [-0.2, 0) is 4.79 Å². The van der Waals surface area contributed by atoms with Gasteiger partial charge < -0.3 is 13.8 Å². The second kappa shape index (κ2) is 5.71. The van der Waals surface area contributed by atoms with E-state index in [1.54, 1.807) is 18.4 Å². The minimum absolute atomic E-state index is 0.132. The molecule has 2 aromatic rings. The molecule has 3 rings (SSSR count). The minimum Gasteiger partial charge on any atom is -0.461 e. The van der Waals surface area contributed by atoms with E-state index in [0.717, 1.165) is 12.8 Å².